The van der Waals surface area contributed by atoms with Crippen LogP contribution in [0, 0.1) is 6.92 Å². The normalized spacial score (nSPS) is 18.1. The first-order chi connectivity index (χ1) is 9.69. The number of rotatable bonds is 4. The van der Waals surface area contributed by atoms with Crippen molar-refractivity contribution in [1.82, 2.24) is 10.6 Å². The minimum atomic E-state index is 0.484. The molecule has 0 saturated heterocycles. The first-order valence-corrected chi connectivity index (χ1v) is 7.73. The summed E-state index contributed by atoms with van der Waals surface area (Å²) in [7, 11) is 1.85. The maximum Gasteiger partial charge on any atom is 0.191 e. The molecule has 1 aromatic rings. The molecule has 1 aliphatic carbocycles. The number of aliphatic imine (C=N–C) groups is 1. The van der Waals surface area contributed by atoms with Crippen LogP contribution in [0.15, 0.2) is 29.3 Å². The van der Waals surface area contributed by atoms with Gasteiger partial charge in [0, 0.05) is 19.6 Å². The van der Waals surface area contributed by atoms with E-state index in [9.17, 15) is 0 Å². The fraction of sp³-hybridized carbons (Fsp3) is 0.588. The Balaban J connectivity index is 1.81. The molecule has 1 unspecified atom stereocenters. The van der Waals surface area contributed by atoms with Crippen LogP contribution in [-0.4, -0.2) is 25.6 Å². The van der Waals surface area contributed by atoms with E-state index in [0.29, 0.717) is 12.0 Å². The third-order valence-electron chi connectivity index (χ3n) is 4.14. The van der Waals surface area contributed by atoms with Crippen molar-refractivity contribution < 1.29 is 0 Å². The lowest BCUT2D eigenvalue weighted by atomic mass is 10.0. The van der Waals surface area contributed by atoms with Crippen molar-refractivity contribution in [2.45, 2.75) is 51.5 Å². The van der Waals surface area contributed by atoms with Crippen LogP contribution >= 0.6 is 0 Å². The van der Waals surface area contributed by atoms with Gasteiger partial charge in [-0.1, -0.05) is 49.6 Å². The zero-order valence-electron chi connectivity index (χ0n) is 12.9. The van der Waals surface area contributed by atoms with Gasteiger partial charge in [0.25, 0.3) is 0 Å². The quantitative estimate of drug-likeness (QED) is 0.653. The van der Waals surface area contributed by atoms with Crippen LogP contribution in [0.1, 0.15) is 49.7 Å². The van der Waals surface area contributed by atoms with E-state index in [1.165, 1.54) is 36.8 Å². The van der Waals surface area contributed by atoms with Gasteiger partial charge in [0.15, 0.2) is 5.96 Å². The van der Waals surface area contributed by atoms with Crippen LogP contribution in [0.3, 0.4) is 0 Å². The Morgan fingerprint density at radius 3 is 2.50 bits per heavy atom. The number of benzene rings is 1. The second-order valence-corrected chi connectivity index (χ2v) is 5.89. The molecule has 1 saturated carbocycles. The predicted molar refractivity (Wildman–Crippen MR) is 86.3 cm³/mol. The molecule has 0 aromatic heterocycles. The van der Waals surface area contributed by atoms with Gasteiger partial charge in [-0.3, -0.25) is 4.99 Å². The molecule has 0 spiro atoms. The smallest absolute Gasteiger partial charge is 0.191 e. The largest absolute Gasteiger partial charge is 0.356 e. The summed E-state index contributed by atoms with van der Waals surface area (Å²) in [5.41, 5.74) is 2.69. The summed E-state index contributed by atoms with van der Waals surface area (Å²) in [4.78, 5) is 4.33. The van der Waals surface area contributed by atoms with E-state index in [0.717, 1.165) is 12.5 Å². The number of nitrogens with zero attached hydrogens (tertiary/aromatic N) is 1. The van der Waals surface area contributed by atoms with Crippen LogP contribution in [-0.2, 0) is 0 Å². The maximum absolute atomic E-state index is 4.33. The van der Waals surface area contributed by atoms with Crippen molar-refractivity contribution in [1.29, 1.82) is 0 Å². The van der Waals surface area contributed by atoms with Gasteiger partial charge in [-0.25, -0.2) is 0 Å². The summed E-state index contributed by atoms with van der Waals surface area (Å²) in [6.07, 6.45) is 5.23. The Bertz CT molecular complexity index is 430. The molecule has 0 aliphatic heterocycles. The summed E-state index contributed by atoms with van der Waals surface area (Å²) in [6, 6.07) is 9.40. The molecule has 20 heavy (non-hydrogen) atoms. The molecule has 1 atom stereocenters. The Kier molecular flexibility index (Phi) is 5.45. The average Bonchev–Trinajstić information content (AvgIpc) is 2.96. The maximum atomic E-state index is 4.33. The number of hydrogen-bond donors (Lipinski definition) is 2. The minimum Gasteiger partial charge on any atom is -0.356 e. The SMILES string of the molecule is CN=C(NCC(C)c1ccc(C)cc1)NC1CCCC1. The summed E-state index contributed by atoms with van der Waals surface area (Å²) in [6.45, 7) is 5.29. The van der Waals surface area contributed by atoms with Crippen LogP contribution in [0.25, 0.3) is 0 Å². The monoisotopic (exact) mass is 273 g/mol. The summed E-state index contributed by atoms with van der Waals surface area (Å²) < 4.78 is 0. The molecule has 1 aromatic carbocycles. The highest BCUT2D eigenvalue weighted by Gasteiger charge is 2.16. The molecular weight excluding hydrogens is 246 g/mol. The summed E-state index contributed by atoms with van der Waals surface area (Å²) in [5.74, 6) is 1.42. The number of hydrogen-bond acceptors (Lipinski definition) is 1. The highest BCUT2D eigenvalue weighted by atomic mass is 15.2. The standard InChI is InChI=1S/C17H27N3/c1-13-8-10-15(11-9-13)14(2)12-19-17(18-3)20-16-6-4-5-7-16/h8-11,14,16H,4-7,12H2,1-3H3,(H2,18,19,20). The van der Waals surface area contributed by atoms with E-state index in [1.807, 2.05) is 7.05 Å². The average molecular weight is 273 g/mol. The number of aryl methyl sites for hydroxylation is 1. The topological polar surface area (TPSA) is 36.4 Å². The van der Waals surface area contributed by atoms with Gasteiger partial charge in [0.1, 0.15) is 0 Å². The van der Waals surface area contributed by atoms with Crippen LogP contribution in [0.5, 0.6) is 0 Å². The van der Waals surface area contributed by atoms with E-state index in [2.05, 4.69) is 53.7 Å². The van der Waals surface area contributed by atoms with Crippen LogP contribution in [0.4, 0.5) is 0 Å². The molecule has 1 fully saturated rings. The van der Waals surface area contributed by atoms with Crippen molar-refractivity contribution in [3.8, 4) is 0 Å². The van der Waals surface area contributed by atoms with Gasteiger partial charge < -0.3 is 10.6 Å². The molecular formula is C17H27N3. The van der Waals surface area contributed by atoms with Gasteiger partial charge >= 0.3 is 0 Å². The first kappa shape index (κ1) is 14.9. The fourth-order valence-corrected chi connectivity index (χ4v) is 2.72. The van der Waals surface area contributed by atoms with E-state index < -0.39 is 0 Å². The third kappa shape index (κ3) is 4.26. The van der Waals surface area contributed by atoms with Crippen molar-refractivity contribution in [2.75, 3.05) is 13.6 Å². The van der Waals surface area contributed by atoms with Crippen molar-refractivity contribution in [2.24, 2.45) is 4.99 Å². The van der Waals surface area contributed by atoms with Crippen molar-refractivity contribution in [3.05, 3.63) is 35.4 Å². The summed E-state index contributed by atoms with van der Waals surface area (Å²) in [5, 5.41) is 6.97. The number of nitrogens with one attached hydrogen (secondary N) is 2. The molecule has 2 rings (SSSR count). The lowest BCUT2D eigenvalue weighted by molar-refractivity contribution is 0.605. The van der Waals surface area contributed by atoms with Gasteiger partial charge in [0.2, 0.25) is 0 Å². The number of guanidine groups is 1. The predicted octanol–water partition coefficient (Wildman–Crippen LogP) is 3.21. The second kappa shape index (κ2) is 7.32. The molecule has 0 radical (unpaired) electrons. The van der Waals surface area contributed by atoms with Gasteiger partial charge in [-0.2, -0.15) is 0 Å². The van der Waals surface area contributed by atoms with Gasteiger partial charge in [-0.05, 0) is 31.2 Å². The highest BCUT2D eigenvalue weighted by Crippen LogP contribution is 2.18. The second-order valence-electron chi connectivity index (χ2n) is 5.89. The van der Waals surface area contributed by atoms with Gasteiger partial charge in [0.05, 0.1) is 0 Å². The molecule has 0 heterocycles. The molecule has 0 amide bonds. The zero-order chi connectivity index (χ0) is 14.4. The Labute approximate surface area is 122 Å². The third-order valence-corrected chi connectivity index (χ3v) is 4.14. The molecule has 0 bridgehead atoms. The van der Waals surface area contributed by atoms with E-state index in [4.69, 9.17) is 0 Å². The van der Waals surface area contributed by atoms with Crippen molar-refractivity contribution >= 4 is 5.96 Å². The minimum absolute atomic E-state index is 0.484. The molecule has 110 valence electrons. The van der Waals surface area contributed by atoms with Crippen molar-refractivity contribution in [3.63, 3.8) is 0 Å². The van der Waals surface area contributed by atoms with E-state index >= 15 is 0 Å². The lowest BCUT2D eigenvalue weighted by Crippen LogP contribution is -2.43. The Hall–Kier alpha value is -1.51. The van der Waals surface area contributed by atoms with E-state index in [-0.39, 0.29) is 0 Å². The lowest BCUT2D eigenvalue weighted by Gasteiger charge is -2.19. The molecule has 3 nitrogen and oxygen atoms in total. The molecule has 2 N–H and O–H groups in total. The fourth-order valence-electron chi connectivity index (χ4n) is 2.72. The van der Waals surface area contributed by atoms with Crippen LogP contribution in [0.2, 0.25) is 0 Å². The zero-order valence-corrected chi connectivity index (χ0v) is 12.9. The Morgan fingerprint density at radius 2 is 1.90 bits per heavy atom. The molecule has 3 heteroatoms. The van der Waals surface area contributed by atoms with E-state index in [1.54, 1.807) is 0 Å². The van der Waals surface area contributed by atoms with Crippen LogP contribution < -0.4 is 10.6 Å². The molecule has 1 aliphatic rings. The van der Waals surface area contributed by atoms with Gasteiger partial charge in [-0.15, -0.1) is 0 Å². The Morgan fingerprint density at radius 1 is 1.25 bits per heavy atom. The highest BCUT2D eigenvalue weighted by molar-refractivity contribution is 5.80. The summed E-state index contributed by atoms with van der Waals surface area (Å²) >= 11 is 0. The first-order valence-electron chi connectivity index (χ1n) is 7.73.